The van der Waals surface area contributed by atoms with E-state index in [1.54, 1.807) is 6.07 Å². The van der Waals surface area contributed by atoms with Gasteiger partial charge in [-0.3, -0.25) is 10.1 Å². The normalized spacial score (nSPS) is 19.6. The van der Waals surface area contributed by atoms with Gasteiger partial charge in [-0.1, -0.05) is 0 Å². The van der Waals surface area contributed by atoms with Crippen LogP contribution in [0.25, 0.3) is 0 Å². The molecule has 0 aliphatic carbocycles. The van der Waals surface area contributed by atoms with Gasteiger partial charge in [-0.25, -0.2) is 4.98 Å². The first-order valence-corrected chi connectivity index (χ1v) is 5.70. The van der Waals surface area contributed by atoms with Crippen molar-refractivity contribution in [2.45, 2.75) is 6.42 Å². The molecule has 0 radical (unpaired) electrons. The van der Waals surface area contributed by atoms with E-state index in [1.165, 1.54) is 12.3 Å². The lowest BCUT2D eigenvalue weighted by atomic mass is 10.1. The third-order valence-corrected chi connectivity index (χ3v) is 3.04. The number of nitro groups is 1. The molecule has 0 amide bonds. The van der Waals surface area contributed by atoms with Crippen molar-refractivity contribution >= 4 is 11.5 Å². The number of hydrogen-bond acceptors (Lipinski definition) is 5. The van der Waals surface area contributed by atoms with Crippen LogP contribution in [0.15, 0.2) is 18.3 Å². The lowest BCUT2D eigenvalue weighted by molar-refractivity contribution is -0.384. The predicted molar refractivity (Wildman–Crippen MR) is 65.1 cm³/mol. The summed E-state index contributed by atoms with van der Waals surface area (Å²) in [5.41, 5.74) is 0.104. The summed E-state index contributed by atoms with van der Waals surface area (Å²) in [6, 6.07) is 2.96. The Labute approximate surface area is 99.8 Å². The molecule has 1 aliphatic rings. The summed E-state index contributed by atoms with van der Waals surface area (Å²) >= 11 is 0. The molecule has 92 valence electrons. The van der Waals surface area contributed by atoms with Crippen LogP contribution in [0.2, 0.25) is 0 Å². The van der Waals surface area contributed by atoms with Crippen LogP contribution in [0.5, 0.6) is 0 Å². The fourth-order valence-corrected chi connectivity index (χ4v) is 2.19. The van der Waals surface area contributed by atoms with Crippen molar-refractivity contribution in [2.75, 3.05) is 31.6 Å². The molecular formula is C11H16N4O2. The van der Waals surface area contributed by atoms with Gasteiger partial charge in [0.25, 0.3) is 5.69 Å². The van der Waals surface area contributed by atoms with E-state index in [1.807, 2.05) is 7.05 Å². The van der Waals surface area contributed by atoms with Crippen LogP contribution in [0.4, 0.5) is 11.5 Å². The highest BCUT2D eigenvalue weighted by Gasteiger charge is 2.23. The van der Waals surface area contributed by atoms with E-state index in [0.29, 0.717) is 11.7 Å². The number of pyridine rings is 1. The maximum Gasteiger partial charge on any atom is 0.274 e. The first-order chi connectivity index (χ1) is 8.20. The Bertz CT molecular complexity index is 410. The Hall–Kier alpha value is -1.69. The number of nitrogens with zero attached hydrogens (tertiary/aromatic N) is 3. The molecule has 1 atom stereocenters. The molecule has 1 aromatic heterocycles. The molecule has 1 unspecified atom stereocenters. The molecule has 1 N–H and O–H groups in total. The Morgan fingerprint density at radius 3 is 3.24 bits per heavy atom. The Morgan fingerprint density at radius 1 is 1.71 bits per heavy atom. The van der Waals surface area contributed by atoms with Crippen molar-refractivity contribution in [3.63, 3.8) is 0 Å². The fraction of sp³-hybridized carbons (Fsp3) is 0.545. The second-order valence-corrected chi connectivity index (χ2v) is 4.29. The molecule has 0 aromatic carbocycles. The van der Waals surface area contributed by atoms with Crippen LogP contribution in [0.3, 0.4) is 0 Å². The number of hydrogen-bond donors (Lipinski definition) is 1. The maximum absolute atomic E-state index is 10.7. The lowest BCUT2D eigenvalue weighted by Crippen LogP contribution is -2.24. The Balaban J connectivity index is 2.08. The van der Waals surface area contributed by atoms with E-state index in [2.05, 4.69) is 15.2 Å². The molecule has 1 fully saturated rings. The minimum Gasteiger partial charge on any atom is -0.356 e. The zero-order valence-electron chi connectivity index (χ0n) is 9.80. The molecule has 1 saturated heterocycles. The summed E-state index contributed by atoms with van der Waals surface area (Å²) in [4.78, 5) is 16.6. The van der Waals surface area contributed by atoms with Crippen LogP contribution in [-0.4, -0.2) is 36.6 Å². The van der Waals surface area contributed by atoms with Gasteiger partial charge in [0.1, 0.15) is 5.82 Å². The van der Waals surface area contributed by atoms with Gasteiger partial charge in [0.05, 0.1) is 11.0 Å². The molecule has 2 heterocycles. The summed E-state index contributed by atoms with van der Waals surface area (Å²) < 4.78 is 0. The van der Waals surface area contributed by atoms with Gasteiger partial charge in [0.15, 0.2) is 0 Å². The second-order valence-electron chi connectivity index (χ2n) is 4.29. The maximum atomic E-state index is 10.7. The number of nitrogens with one attached hydrogen (secondary N) is 1. The smallest absolute Gasteiger partial charge is 0.274 e. The molecule has 0 spiro atoms. The summed E-state index contributed by atoms with van der Waals surface area (Å²) in [6.45, 7) is 2.81. The number of anilines is 1. The second kappa shape index (κ2) is 5.09. The number of rotatable bonds is 4. The van der Waals surface area contributed by atoms with Crippen molar-refractivity contribution in [3.05, 3.63) is 28.4 Å². The summed E-state index contributed by atoms with van der Waals surface area (Å²) in [7, 11) is 1.94. The topological polar surface area (TPSA) is 71.3 Å². The van der Waals surface area contributed by atoms with Crippen molar-refractivity contribution in [2.24, 2.45) is 5.92 Å². The van der Waals surface area contributed by atoms with E-state index in [-0.39, 0.29) is 10.6 Å². The van der Waals surface area contributed by atoms with Crippen molar-refractivity contribution < 1.29 is 4.92 Å². The number of aromatic nitrogens is 1. The Morgan fingerprint density at radius 2 is 2.53 bits per heavy atom. The largest absolute Gasteiger partial charge is 0.356 e. The molecule has 1 aliphatic heterocycles. The molecule has 0 saturated carbocycles. The molecule has 17 heavy (non-hydrogen) atoms. The van der Waals surface area contributed by atoms with E-state index >= 15 is 0 Å². The predicted octanol–water partition coefficient (Wildman–Crippen LogP) is 1.04. The zero-order valence-corrected chi connectivity index (χ0v) is 9.80. The summed E-state index contributed by atoms with van der Waals surface area (Å²) in [5, 5.41) is 13.8. The highest BCUT2D eigenvalue weighted by Crippen LogP contribution is 2.24. The minimum absolute atomic E-state index is 0.104. The third-order valence-electron chi connectivity index (χ3n) is 3.04. The molecule has 6 nitrogen and oxygen atoms in total. The summed E-state index contributed by atoms with van der Waals surface area (Å²) in [5.74, 6) is 1.30. The molecule has 0 bridgehead atoms. The van der Waals surface area contributed by atoms with Crippen LogP contribution >= 0.6 is 0 Å². The fourth-order valence-electron chi connectivity index (χ4n) is 2.19. The average molecular weight is 236 g/mol. The first-order valence-electron chi connectivity index (χ1n) is 5.70. The van der Waals surface area contributed by atoms with Gasteiger partial charge in [-0.2, -0.15) is 0 Å². The minimum atomic E-state index is -0.383. The van der Waals surface area contributed by atoms with Gasteiger partial charge in [-0.15, -0.1) is 0 Å². The van der Waals surface area contributed by atoms with E-state index in [0.717, 1.165) is 26.1 Å². The highest BCUT2D eigenvalue weighted by atomic mass is 16.6. The van der Waals surface area contributed by atoms with E-state index in [9.17, 15) is 10.1 Å². The monoisotopic (exact) mass is 236 g/mol. The van der Waals surface area contributed by atoms with Crippen molar-refractivity contribution in [3.8, 4) is 0 Å². The third kappa shape index (κ3) is 2.71. The van der Waals surface area contributed by atoms with Gasteiger partial charge < -0.3 is 10.2 Å². The molecule has 1 aromatic rings. The van der Waals surface area contributed by atoms with E-state index < -0.39 is 0 Å². The van der Waals surface area contributed by atoms with Gasteiger partial charge in [-0.05, 0) is 25.9 Å². The van der Waals surface area contributed by atoms with Crippen molar-refractivity contribution in [1.29, 1.82) is 0 Å². The highest BCUT2D eigenvalue weighted by molar-refractivity contribution is 5.47. The first kappa shape index (κ1) is 11.8. The SMILES string of the molecule is CNCC1CCN(c2cc([N+](=O)[O-])ccn2)C1. The summed E-state index contributed by atoms with van der Waals surface area (Å²) in [6.07, 6.45) is 2.60. The van der Waals surface area contributed by atoms with Crippen LogP contribution in [0, 0.1) is 16.0 Å². The average Bonchev–Trinajstić information content (AvgIpc) is 2.78. The molecular weight excluding hydrogens is 220 g/mol. The van der Waals surface area contributed by atoms with Gasteiger partial charge in [0.2, 0.25) is 0 Å². The Kier molecular flexibility index (Phi) is 3.53. The van der Waals surface area contributed by atoms with Crippen LogP contribution in [0.1, 0.15) is 6.42 Å². The molecule has 2 rings (SSSR count). The zero-order chi connectivity index (χ0) is 12.3. The van der Waals surface area contributed by atoms with Gasteiger partial charge in [0, 0.05) is 25.4 Å². The van der Waals surface area contributed by atoms with Gasteiger partial charge >= 0.3 is 0 Å². The van der Waals surface area contributed by atoms with Crippen LogP contribution < -0.4 is 10.2 Å². The van der Waals surface area contributed by atoms with E-state index in [4.69, 9.17) is 0 Å². The lowest BCUT2D eigenvalue weighted by Gasteiger charge is -2.16. The quantitative estimate of drug-likeness (QED) is 0.624. The van der Waals surface area contributed by atoms with Crippen molar-refractivity contribution in [1.82, 2.24) is 10.3 Å². The standard InChI is InChI=1S/C11H16N4O2/c1-12-7-9-3-5-14(8-9)11-6-10(15(16)17)2-4-13-11/h2,4,6,9,12H,3,5,7-8H2,1H3. The van der Waals surface area contributed by atoms with Crippen LogP contribution in [-0.2, 0) is 0 Å². The molecule has 6 heteroatoms.